The first-order chi connectivity index (χ1) is 11.5. The number of hydrogen-bond acceptors (Lipinski definition) is 4. The number of amides is 3. The van der Waals surface area contributed by atoms with E-state index in [9.17, 15) is 14.4 Å². The smallest absolute Gasteiger partial charge is 0.319 e. The molecule has 3 rings (SSSR count). The number of piperidine rings is 1. The summed E-state index contributed by atoms with van der Waals surface area (Å²) in [5.41, 5.74) is 0. The Hall–Kier alpha value is -1.44. The van der Waals surface area contributed by atoms with Gasteiger partial charge in [-0.3, -0.25) is 9.59 Å². The lowest BCUT2D eigenvalue weighted by molar-refractivity contribution is -0.136. The monoisotopic (exact) mass is 355 g/mol. The van der Waals surface area contributed by atoms with Gasteiger partial charge in [-0.05, 0) is 32.1 Å². The van der Waals surface area contributed by atoms with Crippen LogP contribution in [0.4, 0.5) is 4.79 Å². The largest absolute Gasteiger partial charge is 0.480 e. The molecule has 0 aromatic heterocycles. The van der Waals surface area contributed by atoms with E-state index in [2.05, 4.69) is 5.32 Å². The molecule has 2 atom stereocenters. The van der Waals surface area contributed by atoms with Gasteiger partial charge in [-0.15, -0.1) is 11.8 Å². The first-order valence-corrected chi connectivity index (χ1v) is 9.78. The first kappa shape index (κ1) is 17.4. The van der Waals surface area contributed by atoms with Crippen LogP contribution in [0.2, 0.25) is 0 Å². The van der Waals surface area contributed by atoms with Crippen LogP contribution < -0.4 is 5.32 Å². The van der Waals surface area contributed by atoms with E-state index in [1.54, 1.807) is 0 Å². The molecule has 0 aromatic rings. The Kier molecular flexibility index (Phi) is 5.53. The number of aliphatic carboxylic acids is 1. The summed E-state index contributed by atoms with van der Waals surface area (Å²) in [5.74, 6) is -0.193. The second-order valence-electron chi connectivity index (χ2n) is 6.84. The van der Waals surface area contributed by atoms with E-state index in [0.717, 1.165) is 25.9 Å². The summed E-state index contributed by atoms with van der Waals surface area (Å²) in [5, 5.41) is 11.6. The highest BCUT2D eigenvalue weighted by molar-refractivity contribution is 8.00. The summed E-state index contributed by atoms with van der Waals surface area (Å²) < 4.78 is 0. The van der Waals surface area contributed by atoms with Gasteiger partial charge in [0.1, 0.15) is 5.25 Å². The van der Waals surface area contributed by atoms with E-state index >= 15 is 0 Å². The van der Waals surface area contributed by atoms with Crippen LogP contribution in [0.15, 0.2) is 0 Å². The molecule has 3 amide bonds. The van der Waals surface area contributed by atoms with Crippen molar-refractivity contribution in [3.05, 3.63) is 0 Å². The molecule has 3 heterocycles. The zero-order valence-corrected chi connectivity index (χ0v) is 14.6. The maximum Gasteiger partial charge on any atom is 0.319 e. The van der Waals surface area contributed by atoms with Crippen molar-refractivity contribution in [3.8, 4) is 0 Å². The van der Waals surface area contributed by atoms with Crippen molar-refractivity contribution in [3.63, 3.8) is 0 Å². The van der Waals surface area contributed by atoms with Crippen molar-refractivity contribution in [2.24, 2.45) is 5.92 Å². The molecule has 24 heavy (non-hydrogen) atoms. The Morgan fingerprint density at radius 1 is 1.00 bits per heavy atom. The molecule has 3 aliphatic heterocycles. The van der Waals surface area contributed by atoms with Gasteiger partial charge in [0, 0.05) is 43.9 Å². The number of urea groups is 1. The van der Waals surface area contributed by atoms with E-state index in [-0.39, 0.29) is 23.9 Å². The highest BCUT2D eigenvalue weighted by Gasteiger charge is 2.34. The quantitative estimate of drug-likeness (QED) is 0.788. The van der Waals surface area contributed by atoms with Gasteiger partial charge in [-0.1, -0.05) is 0 Å². The van der Waals surface area contributed by atoms with Crippen molar-refractivity contribution >= 4 is 29.7 Å². The lowest BCUT2D eigenvalue weighted by Gasteiger charge is -2.34. The number of rotatable bonds is 3. The first-order valence-electron chi connectivity index (χ1n) is 8.73. The van der Waals surface area contributed by atoms with Gasteiger partial charge in [0.25, 0.3) is 0 Å². The fourth-order valence-corrected chi connectivity index (χ4v) is 4.85. The Morgan fingerprint density at radius 2 is 1.62 bits per heavy atom. The summed E-state index contributed by atoms with van der Waals surface area (Å²) in [6, 6.07) is 0.0655. The number of thioether (sulfide) groups is 1. The number of carbonyl (C=O) groups is 3. The van der Waals surface area contributed by atoms with Crippen LogP contribution in [0.5, 0.6) is 0 Å². The van der Waals surface area contributed by atoms with Crippen LogP contribution in [-0.4, -0.2) is 76.0 Å². The molecule has 0 bridgehead atoms. The van der Waals surface area contributed by atoms with Crippen LogP contribution >= 0.6 is 11.8 Å². The van der Waals surface area contributed by atoms with E-state index in [1.165, 1.54) is 11.8 Å². The molecule has 8 heteroatoms. The fraction of sp³-hybridized carbons (Fsp3) is 0.812. The summed E-state index contributed by atoms with van der Waals surface area (Å²) >= 11 is 1.39. The molecule has 0 aliphatic carbocycles. The van der Waals surface area contributed by atoms with Crippen molar-refractivity contribution < 1.29 is 19.5 Å². The molecule has 3 fully saturated rings. The molecule has 3 saturated heterocycles. The number of hydrogen-bond donors (Lipinski definition) is 2. The molecule has 0 radical (unpaired) electrons. The predicted molar refractivity (Wildman–Crippen MR) is 90.9 cm³/mol. The van der Waals surface area contributed by atoms with Crippen LogP contribution in [0.3, 0.4) is 0 Å². The standard InChI is InChI=1S/C16H25N3O4S/c20-14(17-12-9-13(15(21)22)24-10-12)11-3-7-19(8-4-11)16(23)18-5-1-2-6-18/h11-13H,1-10H2,(H,17,20)(H,21,22)/t12-,13-/m0/s1. The fourth-order valence-electron chi connectivity index (χ4n) is 3.66. The lowest BCUT2D eigenvalue weighted by atomic mass is 9.95. The number of carboxylic acid groups (broad SMARTS) is 1. The van der Waals surface area contributed by atoms with Gasteiger partial charge in [0.15, 0.2) is 0 Å². The second-order valence-corrected chi connectivity index (χ2v) is 8.08. The number of carbonyl (C=O) groups excluding carboxylic acids is 2. The minimum atomic E-state index is -0.800. The van der Waals surface area contributed by atoms with Gasteiger partial charge in [0.05, 0.1) is 0 Å². The molecular weight excluding hydrogens is 330 g/mol. The van der Waals surface area contributed by atoms with Gasteiger partial charge in [-0.25, -0.2) is 4.79 Å². The van der Waals surface area contributed by atoms with Crippen molar-refractivity contribution in [1.29, 1.82) is 0 Å². The number of nitrogens with one attached hydrogen (secondary N) is 1. The van der Waals surface area contributed by atoms with E-state index in [0.29, 0.717) is 38.1 Å². The minimum absolute atomic E-state index is 0.0138. The molecular formula is C16H25N3O4S. The van der Waals surface area contributed by atoms with E-state index in [1.807, 2.05) is 9.80 Å². The maximum absolute atomic E-state index is 12.4. The Morgan fingerprint density at radius 3 is 2.21 bits per heavy atom. The topological polar surface area (TPSA) is 90.0 Å². The summed E-state index contributed by atoms with van der Waals surface area (Å²) in [7, 11) is 0. The maximum atomic E-state index is 12.4. The normalized spacial score (nSPS) is 28.2. The Labute approximate surface area is 146 Å². The Balaban J connectivity index is 1.42. The SMILES string of the molecule is O=C(N[C@@H]1CS[C@H](C(=O)O)C1)C1CCN(C(=O)N2CCCC2)CC1. The summed E-state index contributed by atoms with van der Waals surface area (Å²) in [6.07, 6.45) is 4.04. The van der Waals surface area contributed by atoms with Gasteiger partial charge < -0.3 is 20.2 Å². The number of nitrogens with zero attached hydrogens (tertiary/aromatic N) is 2. The number of carboxylic acids is 1. The lowest BCUT2D eigenvalue weighted by Crippen LogP contribution is -2.48. The molecule has 0 unspecified atom stereocenters. The summed E-state index contributed by atoms with van der Waals surface area (Å²) in [4.78, 5) is 39.5. The average molecular weight is 355 g/mol. The highest BCUT2D eigenvalue weighted by atomic mass is 32.2. The molecule has 0 saturated carbocycles. The third-order valence-electron chi connectivity index (χ3n) is 5.13. The minimum Gasteiger partial charge on any atom is -0.480 e. The predicted octanol–water partition coefficient (Wildman–Crippen LogP) is 0.989. The van der Waals surface area contributed by atoms with Gasteiger partial charge in [-0.2, -0.15) is 0 Å². The van der Waals surface area contributed by atoms with Gasteiger partial charge >= 0.3 is 12.0 Å². The average Bonchev–Trinajstić information content (AvgIpc) is 3.26. The van der Waals surface area contributed by atoms with Crippen molar-refractivity contribution in [2.75, 3.05) is 31.9 Å². The second kappa shape index (κ2) is 7.63. The Bertz CT molecular complexity index is 502. The molecule has 7 nitrogen and oxygen atoms in total. The van der Waals surface area contributed by atoms with Crippen LogP contribution in [0.25, 0.3) is 0 Å². The van der Waals surface area contributed by atoms with E-state index < -0.39 is 11.2 Å². The van der Waals surface area contributed by atoms with Crippen molar-refractivity contribution in [1.82, 2.24) is 15.1 Å². The van der Waals surface area contributed by atoms with Crippen LogP contribution in [0.1, 0.15) is 32.1 Å². The van der Waals surface area contributed by atoms with Crippen molar-refractivity contribution in [2.45, 2.75) is 43.4 Å². The molecule has 3 aliphatic rings. The van der Waals surface area contributed by atoms with Gasteiger partial charge in [0.2, 0.25) is 5.91 Å². The summed E-state index contributed by atoms with van der Waals surface area (Å²) in [6.45, 7) is 2.96. The van der Waals surface area contributed by atoms with E-state index in [4.69, 9.17) is 5.11 Å². The highest BCUT2D eigenvalue weighted by Crippen LogP contribution is 2.28. The zero-order chi connectivity index (χ0) is 17.1. The molecule has 134 valence electrons. The van der Waals surface area contributed by atoms with Crippen LogP contribution in [-0.2, 0) is 9.59 Å². The molecule has 0 aromatic carbocycles. The zero-order valence-electron chi connectivity index (χ0n) is 13.8. The third-order valence-corrected chi connectivity index (χ3v) is 6.52. The third kappa shape index (κ3) is 3.96. The number of likely N-dealkylation sites (tertiary alicyclic amines) is 2. The molecule has 2 N–H and O–H groups in total. The molecule has 0 spiro atoms. The van der Waals surface area contributed by atoms with Crippen LogP contribution in [0, 0.1) is 5.92 Å².